The molecule has 0 aliphatic heterocycles. The monoisotopic (exact) mass is 282 g/mol. The van der Waals surface area contributed by atoms with E-state index in [4.69, 9.17) is 0 Å². The second-order valence-electron chi connectivity index (χ2n) is 3.86. The van der Waals surface area contributed by atoms with Gasteiger partial charge in [0, 0.05) is 10.9 Å². The highest BCUT2D eigenvalue weighted by atomic mass is 32.2. The van der Waals surface area contributed by atoms with Gasteiger partial charge in [-0.15, -0.1) is 0 Å². The van der Waals surface area contributed by atoms with Crippen LogP contribution < -0.4 is 0 Å². The summed E-state index contributed by atoms with van der Waals surface area (Å²) in [5.74, 6) is 1.36. The van der Waals surface area contributed by atoms with Crippen LogP contribution in [0.2, 0.25) is 0 Å². The molecule has 0 aliphatic carbocycles. The summed E-state index contributed by atoms with van der Waals surface area (Å²) in [6.45, 7) is 2.26. The Morgan fingerprint density at radius 2 is 1.50 bits per heavy atom. The van der Waals surface area contributed by atoms with E-state index in [2.05, 4.69) is 43.5 Å². The van der Waals surface area contributed by atoms with E-state index in [1.54, 1.807) is 0 Å². The molecule has 1 rings (SSSR count). The molecule has 0 aromatic heterocycles. The number of halogens is 4. The van der Waals surface area contributed by atoms with Crippen LogP contribution in [-0.4, -0.2) is 19.3 Å². The fourth-order valence-electron chi connectivity index (χ4n) is 1.34. The zero-order valence-electron chi connectivity index (χ0n) is 10.7. The molecule has 1 unspecified atom stereocenters. The van der Waals surface area contributed by atoms with Crippen LogP contribution in [0, 0.1) is 0 Å². The van der Waals surface area contributed by atoms with Crippen molar-refractivity contribution in [3.63, 3.8) is 0 Å². The van der Waals surface area contributed by atoms with Gasteiger partial charge in [-0.1, -0.05) is 31.5 Å². The lowest BCUT2D eigenvalue weighted by molar-refractivity contribution is 0.368. The van der Waals surface area contributed by atoms with Crippen molar-refractivity contribution in [1.29, 1.82) is 0 Å². The van der Waals surface area contributed by atoms with Crippen LogP contribution in [0.25, 0.3) is 0 Å². The van der Waals surface area contributed by atoms with E-state index in [0.717, 1.165) is 0 Å². The third kappa shape index (κ3) is 11.8. The number of hydrogen-bond acceptors (Lipinski definition) is 0. The van der Waals surface area contributed by atoms with Gasteiger partial charge in [-0.05, 0) is 25.0 Å². The molecule has 0 nitrogen and oxygen atoms in total. The minimum absolute atomic E-state index is 0.465. The molecular formula is C12H19BF4S. The molecule has 0 amide bonds. The molecule has 0 radical (unpaired) electrons. The summed E-state index contributed by atoms with van der Waals surface area (Å²) in [6.07, 6.45) is 6.44. The van der Waals surface area contributed by atoms with Crippen molar-refractivity contribution in [2.24, 2.45) is 0 Å². The molecule has 1 aromatic rings. The first-order valence-electron chi connectivity index (χ1n) is 5.89. The molecule has 1 aromatic carbocycles. The molecule has 0 heterocycles. The number of rotatable bonds is 5. The fraction of sp³-hybridized carbons (Fsp3) is 0.500. The Labute approximate surface area is 109 Å². The molecule has 0 N–H and O–H groups in total. The molecule has 0 fully saturated rings. The largest absolute Gasteiger partial charge is 0.673 e. The maximum atomic E-state index is 9.75. The van der Waals surface area contributed by atoms with Gasteiger partial charge in [-0.2, -0.15) is 0 Å². The molecule has 0 saturated carbocycles. The van der Waals surface area contributed by atoms with Gasteiger partial charge in [0.15, 0.2) is 4.90 Å². The lowest BCUT2D eigenvalue weighted by Crippen LogP contribution is -2.04. The Morgan fingerprint density at radius 1 is 1.00 bits per heavy atom. The van der Waals surface area contributed by atoms with Gasteiger partial charge in [0.25, 0.3) is 0 Å². The van der Waals surface area contributed by atoms with E-state index in [9.17, 15) is 17.3 Å². The second kappa shape index (κ2) is 9.31. The Hall–Kier alpha value is -0.645. The summed E-state index contributed by atoms with van der Waals surface area (Å²) in [6, 6.07) is 10.9. The number of hydrogen-bond donors (Lipinski definition) is 0. The standard InChI is InChI=1S/C12H19S.BF4/c1-3-4-8-11-13(2)12-9-6-5-7-10-12;2-1(3,4)5/h5-7,9-10H,3-4,8,11H2,1-2H3;/q+1;-1. The summed E-state index contributed by atoms with van der Waals surface area (Å²) >= 11 is 0. The molecular weight excluding hydrogens is 263 g/mol. The van der Waals surface area contributed by atoms with Gasteiger partial charge in [-0.25, -0.2) is 0 Å². The summed E-state index contributed by atoms with van der Waals surface area (Å²) in [4.78, 5) is 1.51. The Balaban J connectivity index is 0.000000494. The van der Waals surface area contributed by atoms with E-state index >= 15 is 0 Å². The van der Waals surface area contributed by atoms with Gasteiger partial charge in [0.1, 0.15) is 12.0 Å². The van der Waals surface area contributed by atoms with Crippen LogP contribution in [0.4, 0.5) is 17.3 Å². The van der Waals surface area contributed by atoms with E-state index in [-0.39, 0.29) is 0 Å². The lowest BCUT2D eigenvalue weighted by Gasteiger charge is -2.01. The highest BCUT2D eigenvalue weighted by Crippen LogP contribution is 2.12. The first-order chi connectivity index (χ1) is 8.34. The quantitative estimate of drug-likeness (QED) is 0.315. The Kier molecular flexibility index (Phi) is 8.97. The zero-order chi connectivity index (χ0) is 14.0. The predicted molar refractivity (Wildman–Crippen MR) is 72.6 cm³/mol. The van der Waals surface area contributed by atoms with Gasteiger partial charge in [0.05, 0.1) is 0 Å². The molecule has 104 valence electrons. The lowest BCUT2D eigenvalue weighted by atomic mass is 10.3. The zero-order valence-corrected chi connectivity index (χ0v) is 11.5. The second-order valence-corrected chi connectivity index (χ2v) is 6.01. The molecule has 0 spiro atoms. The van der Waals surface area contributed by atoms with Crippen LogP contribution in [-0.2, 0) is 10.9 Å². The summed E-state index contributed by atoms with van der Waals surface area (Å²) in [5.41, 5.74) is 0. The molecule has 1 atom stereocenters. The maximum Gasteiger partial charge on any atom is 0.673 e. The summed E-state index contributed by atoms with van der Waals surface area (Å²) in [7, 11) is -5.53. The van der Waals surface area contributed by atoms with Crippen LogP contribution in [0.3, 0.4) is 0 Å². The first kappa shape index (κ1) is 17.4. The third-order valence-electron chi connectivity index (χ3n) is 2.20. The van der Waals surface area contributed by atoms with E-state index in [0.29, 0.717) is 10.9 Å². The Bertz CT molecular complexity index is 297. The smallest absolute Gasteiger partial charge is 0.418 e. The predicted octanol–water partition coefficient (Wildman–Crippen LogP) is 4.78. The highest BCUT2D eigenvalue weighted by Gasteiger charge is 2.20. The van der Waals surface area contributed by atoms with E-state index < -0.39 is 7.25 Å². The van der Waals surface area contributed by atoms with Crippen LogP contribution >= 0.6 is 0 Å². The number of benzene rings is 1. The van der Waals surface area contributed by atoms with Crippen molar-refractivity contribution >= 4 is 18.1 Å². The average molecular weight is 282 g/mol. The summed E-state index contributed by atoms with van der Waals surface area (Å²) < 4.78 is 39.0. The minimum atomic E-state index is -6.00. The van der Waals surface area contributed by atoms with Crippen LogP contribution in [0.1, 0.15) is 26.2 Å². The van der Waals surface area contributed by atoms with E-state index in [1.807, 2.05) is 0 Å². The third-order valence-corrected chi connectivity index (χ3v) is 4.18. The van der Waals surface area contributed by atoms with Crippen molar-refractivity contribution in [1.82, 2.24) is 0 Å². The van der Waals surface area contributed by atoms with Crippen molar-refractivity contribution in [2.75, 3.05) is 12.0 Å². The van der Waals surface area contributed by atoms with Gasteiger partial charge in [0.2, 0.25) is 0 Å². The molecule has 0 aliphatic rings. The fourth-order valence-corrected chi connectivity index (χ4v) is 2.83. The average Bonchev–Trinajstić information content (AvgIpc) is 2.28. The van der Waals surface area contributed by atoms with Crippen molar-refractivity contribution in [3.05, 3.63) is 30.3 Å². The Morgan fingerprint density at radius 3 is 1.94 bits per heavy atom. The maximum absolute atomic E-state index is 9.75. The van der Waals surface area contributed by atoms with Crippen molar-refractivity contribution in [3.8, 4) is 0 Å². The minimum Gasteiger partial charge on any atom is -0.418 e. The normalized spacial score (nSPS) is 12.6. The van der Waals surface area contributed by atoms with Gasteiger partial charge >= 0.3 is 7.25 Å². The SMILES string of the molecule is CCCCC[S+](C)c1ccccc1.F[B-](F)(F)F. The number of unbranched alkanes of at least 4 members (excludes halogenated alkanes) is 2. The molecule has 6 heteroatoms. The van der Waals surface area contributed by atoms with Crippen LogP contribution in [0.5, 0.6) is 0 Å². The van der Waals surface area contributed by atoms with Gasteiger partial charge < -0.3 is 17.3 Å². The topological polar surface area (TPSA) is 0 Å². The first-order valence-corrected chi connectivity index (χ1v) is 7.69. The highest BCUT2D eigenvalue weighted by molar-refractivity contribution is 7.96. The molecule has 0 saturated heterocycles. The van der Waals surface area contributed by atoms with E-state index in [1.165, 1.54) is 29.9 Å². The van der Waals surface area contributed by atoms with Crippen molar-refractivity contribution < 1.29 is 17.3 Å². The van der Waals surface area contributed by atoms with Crippen LogP contribution in [0.15, 0.2) is 35.2 Å². The van der Waals surface area contributed by atoms with Gasteiger partial charge in [-0.3, -0.25) is 0 Å². The summed E-state index contributed by atoms with van der Waals surface area (Å²) in [5, 5.41) is 0. The van der Waals surface area contributed by atoms with Crippen molar-refractivity contribution in [2.45, 2.75) is 31.1 Å². The molecule has 18 heavy (non-hydrogen) atoms. The molecule has 0 bridgehead atoms.